The van der Waals surface area contributed by atoms with Gasteiger partial charge in [0, 0.05) is 13.6 Å². The molecular weight excluding hydrogens is 284 g/mol. The van der Waals surface area contributed by atoms with Gasteiger partial charge < -0.3 is 9.64 Å². The molecule has 1 heterocycles. The molecule has 7 heteroatoms. The molecule has 1 aromatic carbocycles. The van der Waals surface area contributed by atoms with Gasteiger partial charge in [-0.3, -0.25) is 10.1 Å². The lowest BCUT2D eigenvalue weighted by molar-refractivity contribution is -0.385. The molecule has 0 amide bonds. The van der Waals surface area contributed by atoms with Crippen LogP contribution in [0.25, 0.3) is 0 Å². The Morgan fingerprint density at radius 3 is 2.64 bits per heavy atom. The van der Waals surface area contributed by atoms with Crippen LogP contribution in [0, 0.1) is 10.1 Å². The minimum Gasteiger partial charge on any atom is -0.434 e. The summed E-state index contributed by atoms with van der Waals surface area (Å²) in [5.74, 6) is 0.704. The summed E-state index contributed by atoms with van der Waals surface area (Å²) in [6.45, 7) is 2.74. The number of hydrogen-bond donors (Lipinski definition) is 0. The van der Waals surface area contributed by atoms with Gasteiger partial charge in [0.05, 0.1) is 4.92 Å². The van der Waals surface area contributed by atoms with E-state index in [-0.39, 0.29) is 17.4 Å². The normalized spacial score (nSPS) is 10.3. The fraction of sp³-hybridized carbons (Fsp3) is 0.333. The van der Waals surface area contributed by atoms with Crippen molar-refractivity contribution in [1.29, 1.82) is 0 Å². The first-order valence-corrected chi connectivity index (χ1v) is 7.07. The highest BCUT2D eigenvalue weighted by atomic mass is 16.6. The van der Waals surface area contributed by atoms with Crippen LogP contribution in [0.2, 0.25) is 0 Å². The maximum atomic E-state index is 11.4. The van der Waals surface area contributed by atoms with Gasteiger partial charge in [0.15, 0.2) is 0 Å². The largest absolute Gasteiger partial charge is 0.434 e. The highest BCUT2D eigenvalue weighted by Gasteiger charge is 2.27. The molecule has 0 saturated carbocycles. The first-order chi connectivity index (χ1) is 10.6. The van der Waals surface area contributed by atoms with E-state index in [1.54, 1.807) is 36.2 Å². The van der Waals surface area contributed by atoms with Gasteiger partial charge in [0.25, 0.3) is 0 Å². The standard InChI is InChI=1S/C15H18N4O3/c1-3-4-10-18(2)14-13(19(20)21)15(17-11-16-14)22-12-8-6-5-7-9-12/h5-9,11H,3-4,10H2,1-2H3. The summed E-state index contributed by atoms with van der Waals surface area (Å²) < 4.78 is 5.55. The van der Waals surface area contributed by atoms with Crippen molar-refractivity contribution in [3.8, 4) is 11.6 Å². The number of unbranched alkanes of at least 4 members (excludes halogenated alkanes) is 1. The van der Waals surface area contributed by atoms with E-state index in [0.717, 1.165) is 12.8 Å². The zero-order valence-corrected chi connectivity index (χ0v) is 12.6. The molecule has 7 nitrogen and oxygen atoms in total. The Morgan fingerprint density at radius 2 is 2.00 bits per heavy atom. The molecule has 0 spiro atoms. The van der Waals surface area contributed by atoms with E-state index in [1.165, 1.54) is 6.33 Å². The van der Waals surface area contributed by atoms with Crippen LogP contribution in [0.5, 0.6) is 11.6 Å². The van der Waals surface area contributed by atoms with Gasteiger partial charge in [-0.15, -0.1) is 0 Å². The van der Waals surface area contributed by atoms with Gasteiger partial charge >= 0.3 is 11.6 Å². The third kappa shape index (κ3) is 3.69. The monoisotopic (exact) mass is 302 g/mol. The molecule has 0 aliphatic heterocycles. The minimum absolute atomic E-state index is 0.0513. The SMILES string of the molecule is CCCCN(C)c1ncnc(Oc2ccccc2)c1[N+](=O)[O-]. The predicted octanol–water partition coefficient (Wildman–Crippen LogP) is 3.41. The lowest BCUT2D eigenvalue weighted by Gasteiger charge is -2.18. The number of anilines is 1. The van der Waals surface area contributed by atoms with Crippen LogP contribution in [0.15, 0.2) is 36.7 Å². The Hall–Kier alpha value is -2.70. The molecule has 0 unspecified atom stereocenters. The molecule has 22 heavy (non-hydrogen) atoms. The minimum atomic E-state index is -0.504. The third-order valence-electron chi connectivity index (χ3n) is 3.12. The summed E-state index contributed by atoms with van der Waals surface area (Å²) in [4.78, 5) is 20.6. The van der Waals surface area contributed by atoms with Gasteiger partial charge in [-0.2, -0.15) is 4.98 Å². The zero-order chi connectivity index (χ0) is 15.9. The molecule has 2 rings (SSSR count). The second-order valence-electron chi connectivity index (χ2n) is 4.80. The molecule has 0 aliphatic carbocycles. The molecule has 0 aliphatic rings. The average Bonchev–Trinajstić information content (AvgIpc) is 2.53. The lowest BCUT2D eigenvalue weighted by atomic mass is 10.3. The molecule has 0 N–H and O–H groups in total. The number of aromatic nitrogens is 2. The fourth-order valence-electron chi connectivity index (χ4n) is 1.97. The quantitative estimate of drug-likeness (QED) is 0.576. The van der Waals surface area contributed by atoms with Crippen molar-refractivity contribution in [3.05, 3.63) is 46.8 Å². The van der Waals surface area contributed by atoms with Crippen LogP contribution in [0.4, 0.5) is 11.5 Å². The van der Waals surface area contributed by atoms with E-state index in [4.69, 9.17) is 4.74 Å². The summed E-state index contributed by atoms with van der Waals surface area (Å²) in [6.07, 6.45) is 3.20. The van der Waals surface area contributed by atoms with Crippen LogP contribution in [-0.4, -0.2) is 28.5 Å². The van der Waals surface area contributed by atoms with Crippen LogP contribution >= 0.6 is 0 Å². The van der Waals surface area contributed by atoms with Crippen molar-refractivity contribution in [2.75, 3.05) is 18.5 Å². The van der Waals surface area contributed by atoms with E-state index in [9.17, 15) is 10.1 Å². The van der Waals surface area contributed by atoms with Crippen molar-refractivity contribution in [1.82, 2.24) is 9.97 Å². The Kier molecular flexibility index (Phi) is 5.24. The number of para-hydroxylation sites is 1. The van der Waals surface area contributed by atoms with E-state index >= 15 is 0 Å². The average molecular weight is 302 g/mol. The number of hydrogen-bond acceptors (Lipinski definition) is 6. The second kappa shape index (κ2) is 7.35. The van der Waals surface area contributed by atoms with Crippen molar-refractivity contribution >= 4 is 11.5 Å². The summed E-state index contributed by atoms with van der Waals surface area (Å²) >= 11 is 0. The predicted molar refractivity (Wildman–Crippen MR) is 83.4 cm³/mol. The molecule has 0 atom stereocenters. The van der Waals surface area contributed by atoms with Gasteiger partial charge in [0.2, 0.25) is 5.82 Å². The zero-order valence-electron chi connectivity index (χ0n) is 12.6. The Balaban J connectivity index is 2.36. The number of nitrogens with zero attached hydrogens (tertiary/aromatic N) is 4. The van der Waals surface area contributed by atoms with Crippen molar-refractivity contribution in [3.63, 3.8) is 0 Å². The molecule has 1 aromatic heterocycles. The van der Waals surface area contributed by atoms with Gasteiger partial charge in [0.1, 0.15) is 12.1 Å². The van der Waals surface area contributed by atoms with Crippen molar-refractivity contribution in [2.45, 2.75) is 19.8 Å². The molecule has 0 saturated heterocycles. The Labute approximate surface area is 128 Å². The summed E-state index contributed by atoms with van der Waals surface area (Å²) in [5.41, 5.74) is -0.218. The number of ether oxygens (including phenoxy) is 1. The molecule has 0 fully saturated rings. The first-order valence-electron chi connectivity index (χ1n) is 7.07. The van der Waals surface area contributed by atoms with E-state index in [1.807, 2.05) is 6.07 Å². The van der Waals surface area contributed by atoms with Crippen LogP contribution in [-0.2, 0) is 0 Å². The summed E-state index contributed by atoms with van der Waals surface area (Å²) in [7, 11) is 1.78. The van der Waals surface area contributed by atoms with Crippen LogP contribution in [0.3, 0.4) is 0 Å². The number of benzene rings is 1. The molecule has 2 aromatic rings. The smallest absolute Gasteiger partial charge is 0.373 e. The van der Waals surface area contributed by atoms with E-state index < -0.39 is 4.92 Å². The first kappa shape index (κ1) is 15.7. The van der Waals surface area contributed by atoms with Crippen LogP contribution < -0.4 is 9.64 Å². The topological polar surface area (TPSA) is 81.4 Å². The highest BCUT2D eigenvalue weighted by molar-refractivity contribution is 5.62. The van der Waals surface area contributed by atoms with Crippen LogP contribution in [0.1, 0.15) is 19.8 Å². The highest BCUT2D eigenvalue weighted by Crippen LogP contribution is 2.35. The Bertz CT molecular complexity index is 634. The van der Waals surface area contributed by atoms with Gasteiger partial charge in [-0.05, 0) is 18.6 Å². The lowest BCUT2D eigenvalue weighted by Crippen LogP contribution is -2.21. The summed E-state index contributed by atoms with van der Waals surface area (Å²) in [6, 6.07) is 8.84. The van der Waals surface area contributed by atoms with Gasteiger partial charge in [-0.25, -0.2) is 4.98 Å². The van der Waals surface area contributed by atoms with E-state index in [2.05, 4.69) is 16.9 Å². The Morgan fingerprint density at radius 1 is 1.27 bits per heavy atom. The van der Waals surface area contributed by atoms with E-state index in [0.29, 0.717) is 12.3 Å². The van der Waals surface area contributed by atoms with Crippen molar-refractivity contribution in [2.24, 2.45) is 0 Å². The maximum Gasteiger partial charge on any atom is 0.373 e. The molecule has 0 radical (unpaired) electrons. The molecular formula is C15H18N4O3. The maximum absolute atomic E-state index is 11.4. The molecule has 116 valence electrons. The summed E-state index contributed by atoms with van der Waals surface area (Å²) in [5, 5.41) is 11.4. The third-order valence-corrected chi connectivity index (χ3v) is 3.12. The second-order valence-corrected chi connectivity index (χ2v) is 4.80. The number of rotatable bonds is 7. The fourth-order valence-corrected chi connectivity index (χ4v) is 1.97. The molecule has 0 bridgehead atoms. The number of nitro groups is 1. The van der Waals surface area contributed by atoms with Crippen molar-refractivity contribution < 1.29 is 9.66 Å². The van der Waals surface area contributed by atoms with Gasteiger partial charge in [-0.1, -0.05) is 31.5 Å².